The number of nitrogens with one attached hydrogen (secondary N) is 1. The zero-order chi connectivity index (χ0) is 11.6. The lowest BCUT2D eigenvalue weighted by molar-refractivity contribution is 0.153. The first-order valence-corrected chi connectivity index (χ1v) is 5.85. The molecule has 0 spiro atoms. The first-order valence-electron chi connectivity index (χ1n) is 3.58. The van der Waals surface area contributed by atoms with Gasteiger partial charge in [-0.15, -0.1) is 0 Å². The van der Waals surface area contributed by atoms with Crippen molar-refractivity contribution in [3.63, 3.8) is 0 Å². The van der Waals surface area contributed by atoms with Crippen LogP contribution in [-0.4, -0.2) is 15.5 Å². The number of halogens is 3. The van der Waals surface area contributed by atoms with Gasteiger partial charge in [-0.2, -0.15) is 0 Å². The average Bonchev–Trinajstić information content (AvgIpc) is 2.11. The zero-order valence-electron chi connectivity index (χ0n) is 7.42. The van der Waals surface area contributed by atoms with Crippen molar-refractivity contribution in [2.24, 2.45) is 0 Å². The highest BCUT2D eigenvalue weighted by molar-refractivity contribution is 9.10. The summed E-state index contributed by atoms with van der Waals surface area (Å²) < 4.78 is 48.1. The number of sulfonamides is 1. The fourth-order valence-corrected chi connectivity index (χ4v) is 2.70. The molecule has 4 nitrogen and oxygen atoms in total. The second-order valence-corrected chi connectivity index (χ2v) is 4.96. The van der Waals surface area contributed by atoms with E-state index in [4.69, 9.17) is 0 Å². The lowest BCUT2D eigenvalue weighted by Crippen LogP contribution is -2.23. The van der Waals surface area contributed by atoms with Gasteiger partial charge in [-0.3, -0.25) is 4.84 Å². The molecule has 0 unspecified atom stereocenters. The van der Waals surface area contributed by atoms with Gasteiger partial charge in [0, 0.05) is 4.47 Å². The van der Waals surface area contributed by atoms with E-state index in [1.807, 2.05) is 0 Å². The van der Waals surface area contributed by atoms with Crippen LogP contribution in [-0.2, 0) is 14.9 Å². The average molecular weight is 302 g/mol. The first kappa shape index (κ1) is 12.5. The van der Waals surface area contributed by atoms with Gasteiger partial charge in [0.1, 0.15) is 4.90 Å². The molecule has 0 aliphatic rings. The summed E-state index contributed by atoms with van der Waals surface area (Å²) >= 11 is 2.81. The molecule has 1 rings (SSSR count). The van der Waals surface area contributed by atoms with E-state index in [1.165, 1.54) is 0 Å². The molecule has 1 aromatic carbocycles. The van der Waals surface area contributed by atoms with Crippen molar-refractivity contribution in [3.8, 4) is 0 Å². The van der Waals surface area contributed by atoms with Gasteiger partial charge in [0.15, 0.2) is 11.6 Å². The molecule has 1 N–H and O–H groups in total. The zero-order valence-corrected chi connectivity index (χ0v) is 9.82. The highest BCUT2D eigenvalue weighted by Crippen LogP contribution is 2.24. The molecule has 1 aromatic rings. The first-order chi connectivity index (χ1) is 6.88. The molecule has 0 aliphatic heterocycles. The van der Waals surface area contributed by atoms with Crippen LogP contribution in [0.1, 0.15) is 0 Å². The Bertz CT molecular complexity index is 477. The molecule has 0 heterocycles. The smallest absolute Gasteiger partial charge is 0.263 e. The van der Waals surface area contributed by atoms with E-state index in [-0.39, 0.29) is 4.47 Å². The largest absolute Gasteiger partial charge is 0.290 e. The molecule has 84 valence electrons. The molecule has 0 fully saturated rings. The third kappa shape index (κ3) is 2.71. The predicted octanol–water partition coefficient (Wildman–Crippen LogP) is 1.57. The molecule has 0 saturated heterocycles. The topological polar surface area (TPSA) is 55.4 Å². The van der Waals surface area contributed by atoms with E-state index >= 15 is 0 Å². The van der Waals surface area contributed by atoms with Gasteiger partial charge >= 0.3 is 0 Å². The molecular formula is C7H6BrF2NO3S. The van der Waals surface area contributed by atoms with Gasteiger partial charge in [-0.25, -0.2) is 17.2 Å². The summed E-state index contributed by atoms with van der Waals surface area (Å²) in [5.41, 5.74) is 0. The van der Waals surface area contributed by atoms with Crippen molar-refractivity contribution in [1.29, 1.82) is 0 Å². The maximum atomic E-state index is 12.8. The molecule has 0 saturated carbocycles. The summed E-state index contributed by atoms with van der Waals surface area (Å²) in [6, 6.07) is 1.28. The second-order valence-electron chi connectivity index (χ2n) is 2.49. The van der Waals surface area contributed by atoms with Crippen molar-refractivity contribution in [3.05, 3.63) is 28.2 Å². The molecule has 0 aliphatic carbocycles. The third-order valence-corrected chi connectivity index (χ3v) is 3.68. The normalized spacial score (nSPS) is 11.7. The van der Waals surface area contributed by atoms with Crippen LogP contribution in [0.15, 0.2) is 21.5 Å². The van der Waals surface area contributed by atoms with Crippen LogP contribution in [0.2, 0.25) is 0 Å². The summed E-state index contributed by atoms with van der Waals surface area (Å²) in [6.07, 6.45) is 0. The van der Waals surface area contributed by atoms with E-state index in [0.717, 1.165) is 13.2 Å². The summed E-state index contributed by atoms with van der Waals surface area (Å²) in [4.78, 5) is 5.45. The van der Waals surface area contributed by atoms with Crippen LogP contribution in [0.4, 0.5) is 8.78 Å². The maximum absolute atomic E-state index is 12.8. The molecule has 0 atom stereocenters. The summed E-state index contributed by atoms with van der Waals surface area (Å²) in [7, 11) is -2.92. The fourth-order valence-electron chi connectivity index (χ4n) is 0.865. The number of hydrogen-bond donors (Lipinski definition) is 1. The fraction of sp³-hybridized carbons (Fsp3) is 0.143. The Balaban J connectivity index is 3.33. The van der Waals surface area contributed by atoms with Gasteiger partial charge in [-0.1, -0.05) is 4.89 Å². The highest BCUT2D eigenvalue weighted by Gasteiger charge is 2.20. The summed E-state index contributed by atoms with van der Waals surface area (Å²) in [5, 5.41) is 0. The molecule has 0 bridgehead atoms. The third-order valence-electron chi connectivity index (χ3n) is 1.46. The molecular weight excluding hydrogens is 296 g/mol. The van der Waals surface area contributed by atoms with E-state index in [1.54, 1.807) is 4.89 Å². The number of benzene rings is 1. The van der Waals surface area contributed by atoms with Crippen molar-refractivity contribution in [1.82, 2.24) is 4.89 Å². The van der Waals surface area contributed by atoms with E-state index in [2.05, 4.69) is 20.8 Å². The van der Waals surface area contributed by atoms with Gasteiger partial charge in [0.25, 0.3) is 10.0 Å². The summed E-state index contributed by atoms with van der Waals surface area (Å²) in [6.45, 7) is 0. The summed E-state index contributed by atoms with van der Waals surface area (Å²) in [5.74, 6) is -2.40. The highest BCUT2D eigenvalue weighted by atomic mass is 79.9. The predicted molar refractivity (Wildman–Crippen MR) is 51.4 cm³/mol. The SMILES string of the molecule is CONS(=O)(=O)c1cc(F)c(F)cc1Br. The van der Waals surface area contributed by atoms with Crippen molar-refractivity contribution < 1.29 is 22.0 Å². The van der Waals surface area contributed by atoms with Gasteiger partial charge in [-0.05, 0) is 28.1 Å². The number of hydrogen-bond acceptors (Lipinski definition) is 3. The van der Waals surface area contributed by atoms with E-state index in [9.17, 15) is 17.2 Å². The molecule has 0 radical (unpaired) electrons. The molecule has 0 amide bonds. The van der Waals surface area contributed by atoms with Crippen molar-refractivity contribution in [2.75, 3.05) is 7.11 Å². The Labute approximate surface area is 93.4 Å². The van der Waals surface area contributed by atoms with Gasteiger partial charge < -0.3 is 0 Å². The molecule has 0 aromatic heterocycles. The minimum atomic E-state index is -4.01. The van der Waals surface area contributed by atoms with Gasteiger partial charge in [0.2, 0.25) is 0 Å². The van der Waals surface area contributed by atoms with Crippen molar-refractivity contribution in [2.45, 2.75) is 4.90 Å². The minimum absolute atomic E-state index is 0.0917. The Morgan fingerprint density at radius 3 is 2.40 bits per heavy atom. The van der Waals surface area contributed by atoms with E-state index in [0.29, 0.717) is 6.07 Å². The number of rotatable bonds is 3. The molecule has 15 heavy (non-hydrogen) atoms. The van der Waals surface area contributed by atoms with Crippen LogP contribution in [0.5, 0.6) is 0 Å². The Morgan fingerprint density at radius 1 is 1.33 bits per heavy atom. The molecule has 8 heteroatoms. The second kappa shape index (κ2) is 4.52. The Hall–Kier alpha value is -0.570. The Morgan fingerprint density at radius 2 is 1.87 bits per heavy atom. The van der Waals surface area contributed by atoms with Crippen LogP contribution in [0, 0.1) is 11.6 Å². The minimum Gasteiger partial charge on any atom is -0.290 e. The van der Waals surface area contributed by atoms with Crippen LogP contribution in [0.3, 0.4) is 0 Å². The van der Waals surface area contributed by atoms with E-state index < -0.39 is 26.6 Å². The van der Waals surface area contributed by atoms with Crippen LogP contribution >= 0.6 is 15.9 Å². The van der Waals surface area contributed by atoms with Crippen molar-refractivity contribution >= 4 is 26.0 Å². The standard InChI is InChI=1S/C7H6BrF2NO3S/c1-14-11-15(12,13)7-3-6(10)5(9)2-4(7)8/h2-3,11H,1H3. The lowest BCUT2D eigenvalue weighted by atomic mass is 10.3. The lowest BCUT2D eigenvalue weighted by Gasteiger charge is -2.06. The quantitative estimate of drug-likeness (QED) is 0.681. The van der Waals surface area contributed by atoms with Crippen LogP contribution in [0.25, 0.3) is 0 Å². The monoisotopic (exact) mass is 301 g/mol. The maximum Gasteiger partial charge on any atom is 0.263 e. The Kier molecular flexibility index (Phi) is 3.77. The van der Waals surface area contributed by atoms with Crippen LogP contribution < -0.4 is 4.89 Å². The van der Waals surface area contributed by atoms with Gasteiger partial charge in [0.05, 0.1) is 7.11 Å².